The number of nitrogens with zero attached hydrogens (tertiary/aromatic N) is 3. The molecule has 8 heteroatoms. The second-order valence-corrected chi connectivity index (χ2v) is 7.21. The summed E-state index contributed by atoms with van der Waals surface area (Å²) in [6, 6.07) is 10.7. The molecule has 3 aromatic rings. The molecule has 1 N–H and O–H groups in total. The molecule has 1 aliphatic rings. The summed E-state index contributed by atoms with van der Waals surface area (Å²) in [5.41, 5.74) is 3.42. The fourth-order valence-electron chi connectivity index (χ4n) is 3.40. The van der Waals surface area contributed by atoms with Gasteiger partial charge in [0.25, 0.3) is 5.91 Å². The molecule has 154 valence electrons. The van der Waals surface area contributed by atoms with Crippen molar-refractivity contribution in [2.24, 2.45) is 0 Å². The van der Waals surface area contributed by atoms with Crippen LogP contribution in [0.2, 0.25) is 0 Å². The Morgan fingerprint density at radius 2 is 1.77 bits per heavy atom. The minimum atomic E-state index is -4.33. The molecular formula is C22H19F3N4O. The van der Waals surface area contributed by atoms with E-state index in [9.17, 15) is 18.0 Å². The third-order valence-electron chi connectivity index (χ3n) is 4.98. The van der Waals surface area contributed by atoms with Gasteiger partial charge in [0.1, 0.15) is 0 Å². The largest absolute Gasteiger partial charge is 0.416 e. The van der Waals surface area contributed by atoms with Gasteiger partial charge in [-0.3, -0.25) is 19.7 Å². The molecule has 0 bridgehead atoms. The molecule has 0 fully saturated rings. The van der Waals surface area contributed by atoms with Crippen LogP contribution in [-0.4, -0.2) is 20.8 Å². The normalized spacial score (nSPS) is 13.8. The van der Waals surface area contributed by atoms with Crippen LogP contribution >= 0.6 is 0 Å². The van der Waals surface area contributed by atoms with E-state index < -0.39 is 11.7 Å². The number of halogens is 3. The minimum Gasteiger partial charge on any atom is -0.348 e. The zero-order chi connectivity index (χ0) is 21.1. The van der Waals surface area contributed by atoms with Gasteiger partial charge in [0.05, 0.1) is 16.8 Å². The Kier molecular flexibility index (Phi) is 5.50. The van der Waals surface area contributed by atoms with E-state index in [0.717, 1.165) is 34.5 Å². The first kappa shape index (κ1) is 20.0. The SMILES string of the molecule is O=C(NCc1ccncc1)c1cnc2c(c1)CN(Cc1ccc(C(F)(F)F)cc1)C2. The Balaban J connectivity index is 1.37. The first-order valence-electron chi connectivity index (χ1n) is 9.42. The number of benzene rings is 1. The molecule has 0 unspecified atom stereocenters. The van der Waals surface area contributed by atoms with Crippen LogP contribution < -0.4 is 5.32 Å². The lowest BCUT2D eigenvalue weighted by molar-refractivity contribution is -0.137. The number of hydrogen-bond donors (Lipinski definition) is 1. The number of carbonyl (C=O) groups is 1. The lowest BCUT2D eigenvalue weighted by atomic mass is 10.1. The molecule has 30 heavy (non-hydrogen) atoms. The van der Waals surface area contributed by atoms with Gasteiger partial charge in [-0.05, 0) is 47.0 Å². The number of nitrogens with one attached hydrogen (secondary N) is 1. The van der Waals surface area contributed by atoms with Gasteiger partial charge in [-0.15, -0.1) is 0 Å². The summed E-state index contributed by atoms with van der Waals surface area (Å²) in [7, 11) is 0. The number of rotatable bonds is 5. The molecule has 4 rings (SSSR count). The highest BCUT2D eigenvalue weighted by Gasteiger charge is 2.30. The van der Waals surface area contributed by atoms with Crippen LogP contribution in [0.25, 0.3) is 0 Å². The maximum absolute atomic E-state index is 12.7. The Bertz CT molecular complexity index is 1040. The molecule has 1 aliphatic heterocycles. The Labute approximate surface area is 171 Å². The number of alkyl halides is 3. The molecule has 0 radical (unpaired) electrons. The van der Waals surface area contributed by atoms with Gasteiger partial charge in [-0.25, -0.2) is 0 Å². The topological polar surface area (TPSA) is 58.1 Å². The minimum absolute atomic E-state index is 0.205. The molecule has 0 saturated carbocycles. The molecule has 3 heterocycles. The highest BCUT2D eigenvalue weighted by Crippen LogP contribution is 2.30. The molecular weight excluding hydrogens is 393 g/mol. The average molecular weight is 412 g/mol. The molecule has 2 aromatic heterocycles. The molecule has 0 saturated heterocycles. The predicted octanol–water partition coefficient (Wildman–Crippen LogP) is 3.94. The van der Waals surface area contributed by atoms with Crippen molar-refractivity contribution in [2.45, 2.75) is 32.4 Å². The van der Waals surface area contributed by atoms with Crippen LogP contribution in [0.5, 0.6) is 0 Å². The van der Waals surface area contributed by atoms with Crippen molar-refractivity contribution in [1.29, 1.82) is 0 Å². The van der Waals surface area contributed by atoms with E-state index in [0.29, 0.717) is 31.7 Å². The van der Waals surface area contributed by atoms with Crippen molar-refractivity contribution in [3.63, 3.8) is 0 Å². The Morgan fingerprint density at radius 3 is 2.47 bits per heavy atom. The lowest BCUT2D eigenvalue weighted by Gasteiger charge is -2.15. The fraction of sp³-hybridized carbons (Fsp3) is 0.227. The van der Waals surface area contributed by atoms with Crippen molar-refractivity contribution in [1.82, 2.24) is 20.2 Å². The number of pyridine rings is 2. The van der Waals surface area contributed by atoms with Crippen LogP contribution in [0.1, 0.15) is 38.3 Å². The van der Waals surface area contributed by atoms with Crippen LogP contribution in [-0.2, 0) is 32.4 Å². The molecule has 5 nitrogen and oxygen atoms in total. The molecule has 0 aliphatic carbocycles. The summed E-state index contributed by atoms with van der Waals surface area (Å²) in [5, 5.41) is 2.86. The van der Waals surface area contributed by atoms with Crippen LogP contribution in [0, 0.1) is 0 Å². The number of hydrogen-bond acceptors (Lipinski definition) is 4. The maximum atomic E-state index is 12.7. The number of carbonyl (C=O) groups excluding carboxylic acids is 1. The van der Waals surface area contributed by atoms with Crippen LogP contribution in [0.3, 0.4) is 0 Å². The van der Waals surface area contributed by atoms with Gasteiger partial charge in [-0.1, -0.05) is 12.1 Å². The van der Waals surface area contributed by atoms with Crippen molar-refractivity contribution >= 4 is 5.91 Å². The third kappa shape index (κ3) is 4.65. The van der Waals surface area contributed by atoms with Gasteiger partial charge >= 0.3 is 6.18 Å². The summed E-state index contributed by atoms with van der Waals surface area (Å²) >= 11 is 0. The fourth-order valence-corrected chi connectivity index (χ4v) is 3.40. The lowest BCUT2D eigenvalue weighted by Crippen LogP contribution is -2.23. The first-order valence-corrected chi connectivity index (χ1v) is 9.42. The van der Waals surface area contributed by atoms with Gasteiger partial charge in [0.2, 0.25) is 0 Å². The first-order chi connectivity index (χ1) is 14.4. The monoisotopic (exact) mass is 412 g/mol. The molecule has 1 aromatic carbocycles. The number of fused-ring (bicyclic) bond motifs is 1. The Hall–Kier alpha value is -3.26. The number of aromatic nitrogens is 2. The van der Waals surface area contributed by atoms with Crippen LogP contribution in [0.4, 0.5) is 13.2 Å². The van der Waals surface area contributed by atoms with Gasteiger partial charge in [0, 0.05) is 44.8 Å². The second kappa shape index (κ2) is 8.23. The quantitative estimate of drug-likeness (QED) is 0.690. The van der Waals surface area contributed by atoms with Crippen molar-refractivity contribution in [3.8, 4) is 0 Å². The molecule has 0 spiro atoms. The zero-order valence-corrected chi connectivity index (χ0v) is 16.0. The van der Waals surface area contributed by atoms with E-state index in [1.54, 1.807) is 18.6 Å². The third-order valence-corrected chi connectivity index (χ3v) is 4.98. The summed E-state index contributed by atoms with van der Waals surface area (Å²) in [6.07, 6.45) is 0.566. The highest BCUT2D eigenvalue weighted by atomic mass is 19.4. The van der Waals surface area contributed by atoms with E-state index in [2.05, 4.69) is 20.2 Å². The van der Waals surface area contributed by atoms with Crippen molar-refractivity contribution in [3.05, 3.63) is 94.6 Å². The predicted molar refractivity (Wildman–Crippen MR) is 104 cm³/mol. The average Bonchev–Trinajstić information content (AvgIpc) is 3.14. The van der Waals surface area contributed by atoms with Gasteiger partial charge < -0.3 is 5.32 Å². The van der Waals surface area contributed by atoms with Gasteiger partial charge in [0.15, 0.2) is 0 Å². The van der Waals surface area contributed by atoms with E-state index in [-0.39, 0.29) is 5.91 Å². The van der Waals surface area contributed by atoms with Gasteiger partial charge in [-0.2, -0.15) is 13.2 Å². The van der Waals surface area contributed by atoms with E-state index >= 15 is 0 Å². The summed E-state index contributed by atoms with van der Waals surface area (Å²) in [5.74, 6) is -0.205. The Morgan fingerprint density at radius 1 is 1.03 bits per heavy atom. The summed E-state index contributed by atoms with van der Waals surface area (Å²) < 4.78 is 38.1. The van der Waals surface area contributed by atoms with E-state index in [4.69, 9.17) is 0 Å². The second-order valence-electron chi connectivity index (χ2n) is 7.21. The number of amides is 1. The summed E-state index contributed by atoms with van der Waals surface area (Å²) in [4.78, 5) is 22.9. The molecule has 0 atom stereocenters. The standard InChI is InChI=1S/C22H19F3N4O/c23-22(24,25)19-3-1-16(2-4-19)12-29-13-18-9-17(11-27-20(18)14-29)21(30)28-10-15-5-7-26-8-6-15/h1-9,11H,10,12-14H2,(H,28,30). The highest BCUT2D eigenvalue weighted by molar-refractivity contribution is 5.94. The zero-order valence-electron chi connectivity index (χ0n) is 16.0. The van der Waals surface area contributed by atoms with E-state index in [1.165, 1.54) is 12.1 Å². The maximum Gasteiger partial charge on any atom is 0.416 e. The van der Waals surface area contributed by atoms with Crippen LogP contribution in [0.15, 0.2) is 61.1 Å². The van der Waals surface area contributed by atoms with E-state index in [1.807, 2.05) is 18.2 Å². The van der Waals surface area contributed by atoms with Crippen molar-refractivity contribution < 1.29 is 18.0 Å². The van der Waals surface area contributed by atoms with Crippen molar-refractivity contribution in [2.75, 3.05) is 0 Å². The smallest absolute Gasteiger partial charge is 0.348 e. The molecule has 1 amide bonds. The summed E-state index contributed by atoms with van der Waals surface area (Å²) in [6.45, 7) is 2.10.